The summed E-state index contributed by atoms with van der Waals surface area (Å²) < 4.78 is 10.3. The van der Waals surface area contributed by atoms with Crippen LogP contribution in [0.25, 0.3) is 0 Å². The minimum absolute atomic E-state index is 0.0218. The lowest BCUT2D eigenvalue weighted by molar-refractivity contribution is -0.178. The number of rotatable bonds is 3. The molecule has 1 fully saturated rings. The quantitative estimate of drug-likeness (QED) is 0.584. The van der Waals surface area contributed by atoms with Crippen molar-refractivity contribution in [1.82, 2.24) is 0 Å². The Hall–Kier alpha value is -1.34. The highest BCUT2D eigenvalue weighted by Crippen LogP contribution is 2.20. The lowest BCUT2D eigenvalue weighted by atomic mass is 10.0. The van der Waals surface area contributed by atoms with E-state index in [9.17, 15) is 15.3 Å². The van der Waals surface area contributed by atoms with Gasteiger partial charge in [-0.2, -0.15) is 0 Å². The molecule has 0 saturated carbocycles. The molecule has 2 rings (SSSR count). The summed E-state index contributed by atoms with van der Waals surface area (Å²) in [6.07, 6.45) is -4.21. The zero-order valence-electron chi connectivity index (χ0n) is 9.98. The summed E-state index contributed by atoms with van der Waals surface area (Å²) in [5, 5.41) is 31.5. The first-order chi connectivity index (χ1) is 8.61. The van der Waals surface area contributed by atoms with Crippen molar-refractivity contribution < 1.29 is 24.8 Å². The minimum atomic E-state index is -1.21. The summed E-state index contributed by atoms with van der Waals surface area (Å²) in [5.41, 5.74) is 0.725. The topological polar surface area (TPSA) is 91.2 Å². The Morgan fingerprint density at radius 2 is 1.83 bits per heavy atom. The van der Waals surface area contributed by atoms with Crippen LogP contribution in [0, 0.1) is 0 Å². The first kappa shape index (κ1) is 13.1. The molecule has 1 aromatic rings. The number of aliphatic hydroxyl groups is 3. The number of hydrogen-bond acceptors (Lipinski definition) is 6. The van der Waals surface area contributed by atoms with Gasteiger partial charge >= 0.3 is 0 Å². The average molecular weight is 255 g/mol. The molecule has 1 aromatic carbocycles. The average Bonchev–Trinajstić information content (AvgIpc) is 2.40. The van der Waals surface area contributed by atoms with E-state index in [1.54, 1.807) is 31.4 Å². The van der Waals surface area contributed by atoms with Crippen LogP contribution in [0.15, 0.2) is 24.3 Å². The fourth-order valence-corrected chi connectivity index (χ4v) is 1.78. The van der Waals surface area contributed by atoms with Crippen molar-refractivity contribution in [2.75, 3.05) is 19.0 Å². The Morgan fingerprint density at radius 1 is 1.17 bits per heavy atom. The number of aliphatic hydroxyl groups excluding tert-OH is 3. The monoisotopic (exact) mass is 255 g/mol. The Labute approximate surface area is 105 Å². The van der Waals surface area contributed by atoms with E-state index >= 15 is 0 Å². The van der Waals surface area contributed by atoms with Gasteiger partial charge in [-0.25, -0.2) is 0 Å². The van der Waals surface area contributed by atoms with Crippen molar-refractivity contribution in [2.45, 2.75) is 24.5 Å². The molecule has 0 spiro atoms. The number of benzene rings is 1. The van der Waals surface area contributed by atoms with Crippen molar-refractivity contribution >= 4 is 5.69 Å². The van der Waals surface area contributed by atoms with Gasteiger partial charge in [0.1, 0.15) is 24.1 Å². The van der Waals surface area contributed by atoms with Crippen LogP contribution in [0.5, 0.6) is 5.75 Å². The summed E-state index contributed by atoms with van der Waals surface area (Å²) in [6.45, 7) is -0.0218. The number of hydrogen-bond donors (Lipinski definition) is 4. The van der Waals surface area contributed by atoms with Crippen LogP contribution >= 0.6 is 0 Å². The molecule has 0 aromatic heterocycles. The van der Waals surface area contributed by atoms with E-state index in [1.165, 1.54) is 0 Å². The fourth-order valence-electron chi connectivity index (χ4n) is 1.78. The Bertz CT molecular complexity index is 383. The Kier molecular flexibility index (Phi) is 4.03. The summed E-state index contributed by atoms with van der Waals surface area (Å²) in [5.74, 6) is 0.723. The van der Waals surface area contributed by atoms with Crippen LogP contribution in [0.4, 0.5) is 5.69 Å². The van der Waals surface area contributed by atoms with Gasteiger partial charge in [0.05, 0.1) is 13.7 Å². The predicted molar refractivity (Wildman–Crippen MR) is 64.4 cm³/mol. The smallest absolute Gasteiger partial charge is 0.156 e. The molecular formula is C12H17NO5. The molecule has 1 heterocycles. The lowest BCUT2D eigenvalue weighted by Crippen LogP contribution is -2.55. The Balaban J connectivity index is 2.00. The van der Waals surface area contributed by atoms with E-state index in [0.29, 0.717) is 0 Å². The predicted octanol–water partition coefficient (Wildman–Crippen LogP) is -0.454. The van der Waals surface area contributed by atoms with Gasteiger partial charge in [-0.05, 0) is 24.3 Å². The SMILES string of the molecule is COc1ccc(N[C@@H]2OC[C@H](O)[C@H](O)[C@@H]2O)cc1. The lowest BCUT2D eigenvalue weighted by Gasteiger charge is -2.35. The third-order valence-corrected chi connectivity index (χ3v) is 2.90. The van der Waals surface area contributed by atoms with E-state index in [2.05, 4.69) is 5.32 Å². The second-order valence-corrected chi connectivity index (χ2v) is 4.18. The number of anilines is 1. The van der Waals surface area contributed by atoms with E-state index in [0.717, 1.165) is 11.4 Å². The maximum Gasteiger partial charge on any atom is 0.156 e. The second kappa shape index (κ2) is 5.53. The van der Waals surface area contributed by atoms with E-state index < -0.39 is 24.5 Å². The fraction of sp³-hybridized carbons (Fsp3) is 0.500. The third kappa shape index (κ3) is 2.73. The first-order valence-corrected chi connectivity index (χ1v) is 5.68. The van der Waals surface area contributed by atoms with Crippen molar-refractivity contribution in [3.63, 3.8) is 0 Å². The zero-order valence-corrected chi connectivity index (χ0v) is 9.98. The highest BCUT2D eigenvalue weighted by molar-refractivity contribution is 5.47. The standard InChI is InChI=1S/C12H17NO5/c1-17-8-4-2-7(3-5-8)13-12-11(16)10(15)9(14)6-18-12/h2-5,9-16H,6H2,1H3/t9-,10-,11-,12+/m0/s1. The van der Waals surface area contributed by atoms with Gasteiger partial charge in [0.25, 0.3) is 0 Å². The molecule has 0 aliphatic carbocycles. The van der Waals surface area contributed by atoms with Gasteiger partial charge in [-0.3, -0.25) is 0 Å². The van der Waals surface area contributed by atoms with Crippen molar-refractivity contribution in [1.29, 1.82) is 0 Å². The van der Waals surface area contributed by atoms with E-state index in [1.807, 2.05) is 0 Å². The molecule has 0 unspecified atom stereocenters. The van der Waals surface area contributed by atoms with Crippen LogP contribution < -0.4 is 10.1 Å². The highest BCUT2D eigenvalue weighted by Gasteiger charge is 2.37. The molecule has 0 amide bonds. The van der Waals surface area contributed by atoms with Crippen LogP contribution in [0.2, 0.25) is 0 Å². The first-order valence-electron chi connectivity index (χ1n) is 5.68. The molecule has 0 bridgehead atoms. The zero-order chi connectivity index (χ0) is 13.1. The highest BCUT2D eigenvalue weighted by atomic mass is 16.5. The molecule has 6 heteroatoms. The molecule has 1 aliphatic rings. The van der Waals surface area contributed by atoms with Crippen LogP contribution in [0.1, 0.15) is 0 Å². The largest absolute Gasteiger partial charge is 0.497 e. The molecule has 4 N–H and O–H groups in total. The summed E-state index contributed by atoms with van der Waals surface area (Å²) in [7, 11) is 1.58. The number of nitrogens with one attached hydrogen (secondary N) is 1. The normalized spacial score (nSPS) is 32.0. The van der Waals surface area contributed by atoms with Crippen molar-refractivity contribution in [3.05, 3.63) is 24.3 Å². The molecule has 4 atom stereocenters. The van der Waals surface area contributed by atoms with Crippen LogP contribution in [-0.4, -0.2) is 53.6 Å². The van der Waals surface area contributed by atoms with Crippen molar-refractivity contribution in [3.8, 4) is 5.75 Å². The van der Waals surface area contributed by atoms with Gasteiger partial charge in [-0.15, -0.1) is 0 Å². The number of ether oxygens (including phenoxy) is 2. The van der Waals surface area contributed by atoms with E-state index in [4.69, 9.17) is 9.47 Å². The minimum Gasteiger partial charge on any atom is -0.497 e. The van der Waals surface area contributed by atoms with Crippen LogP contribution in [-0.2, 0) is 4.74 Å². The van der Waals surface area contributed by atoms with E-state index in [-0.39, 0.29) is 6.61 Å². The molecule has 6 nitrogen and oxygen atoms in total. The summed E-state index contributed by atoms with van der Waals surface area (Å²) in [4.78, 5) is 0. The molecule has 100 valence electrons. The molecule has 1 saturated heterocycles. The van der Waals surface area contributed by atoms with Gasteiger partial charge in [0.15, 0.2) is 6.23 Å². The number of methoxy groups -OCH3 is 1. The van der Waals surface area contributed by atoms with Gasteiger partial charge in [0, 0.05) is 5.69 Å². The molecule has 0 radical (unpaired) electrons. The van der Waals surface area contributed by atoms with Gasteiger partial charge < -0.3 is 30.1 Å². The maximum atomic E-state index is 9.75. The van der Waals surface area contributed by atoms with Gasteiger partial charge in [0.2, 0.25) is 0 Å². The Morgan fingerprint density at radius 3 is 2.44 bits per heavy atom. The van der Waals surface area contributed by atoms with Gasteiger partial charge in [-0.1, -0.05) is 0 Å². The maximum absolute atomic E-state index is 9.75. The third-order valence-electron chi connectivity index (χ3n) is 2.90. The van der Waals surface area contributed by atoms with Crippen molar-refractivity contribution in [2.24, 2.45) is 0 Å². The van der Waals surface area contributed by atoms with Crippen LogP contribution in [0.3, 0.4) is 0 Å². The summed E-state index contributed by atoms with van der Waals surface area (Å²) in [6, 6.07) is 7.07. The molecular weight excluding hydrogens is 238 g/mol. The molecule has 18 heavy (non-hydrogen) atoms. The second-order valence-electron chi connectivity index (χ2n) is 4.18. The molecule has 1 aliphatic heterocycles. The summed E-state index contributed by atoms with van der Waals surface area (Å²) >= 11 is 0.